The lowest BCUT2D eigenvalue weighted by Gasteiger charge is -1.95. The summed E-state index contributed by atoms with van der Waals surface area (Å²) in [7, 11) is 0. The third-order valence-corrected chi connectivity index (χ3v) is 3.14. The zero-order valence-corrected chi connectivity index (χ0v) is 12.0. The summed E-state index contributed by atoms with van der Waals surface area (Å²) < 4.78 is 19.8. The summed E-state index contributed by atoms with van der Waals surface area (Å²) in [5.74, 6) is 1.65. The largest absolute Gasteiger partial charge is 0.454 e. The molecule has 124 valence electrons. The van der Waals surface area contributed by atoms with Gasteiger partial charge in [-0.25, -0.2) is 0 Å². The molecule has 2 aliphatic rings. The van der Waals surface area contributed by atoms with E-state index in [1.165, 1.54) is 24.3 Å². The van der Waals surface area contributed by atoms with Gasteiger partial charge in [-0.15, -0.1) is 0 Å². The Bertz CT molecular complexity index is 807. The molecule has 0 N–H and O–H groups in total. The number of benzene rings is 2. The van der Waals surface area contributed by atoms with Crippen molar-refractivity contribution in [3.8, 4) is 23.0 Å². The van der Waals surface area contributed by atoms with Crippen LogP contribution in [0.5, 0.6) is 23.0 Å². The van der Waals surface area contributed by atoms with E-state index in [-0.39, 0.29) is 30.7 Å². The van der Waals surface area contributed by atoms with Gasteiger partial charge < -0.3 is 18.9 Å². The van der Waals surface area contributed by atoms with Crippen LogP contribution in [-0.4, -0.2) is 23.4 Å². The average Bonchev–Trinajstić information content (AvgIpc) is 3.22. The van der Waals surface area contributed by atoms with Crippen LogP contribution in [0.15, 0.2) is 36.4 Å². The zero-order valence-electron chi connectivity index (χ0n) is 12.0. The Balaban J connectivity index is 0.000000141. The van der Waals surface area contributed by atoms with Crippen molar-refractivity contribution in [3.05, 3.63) is 56.6 Å². The molecule has 0 amide bonds. The summed E-state index contributed by atoms with van der Waals surface area (Å²) in [6.45, 7) is 0.191. The van der Waals surface area contributed by atoms with Crippen LogP contribution in [0, 0.1) is 20.2 Å². The molecular formula is C14H10N2O8. The van der Waals surface area contributed by atoms with Crippen molar-refractivity contribution in [2.24, 2.45) is 0 Å². The van der Waals surface area contributed by atoms with E-state index in [1.54, 1.807) is 12.1 Å². The Morgan fingerprint density at radius 2 is 1.50 bits per heavy atom. The number of hydrogen-bond donors (Lipinski definition) is 0. The molecule has 4 rings (SSSR count). The molecule has 2 heterocycles. The number of non-ortho nitro benzene ring substituents is 1. The van der Waals surface area contributed by atoms with E-state index in [0.29, 0.717) is 17.2 Å². The van der Waals surface area contributed by atoms with Crippen molar-refractivity contribution < 1.29 is 28.8 Å². The predicted molar refractivity (Wildman–Crippen MR) is 78.4 cm³/mol. The van der Waals surface area contributed by atoms with E-state index in [2.05, 4.69) is 0 Å². The predicted octanol–water partition coefficient (Wildman–Crippen LogP) is 2.65. The molecule has 0 aromatic heterocycles. The highest BCUT2D eigenvalue weighted by molar-refractivity contribution is 5.56. The molecule has 10 nitrogen and oxygen atoms in total. The fraction of sp³-hybridized carbons (Fsp3) is 0.143. The first-order valence-corrected chi connectivity index (χ1v) is 6.63. The Morgan fingerprint density at radius 3 is 2.25 bits per heavy atom. The molecule has 0 spiro atoms. The molecular weight excluding hydrogens is 324 g/mol. The van der Waals surface area contributed by atoms with Gasteiger partial charge in [0.1, 0.15) is 0 Å². The normalized spacial score (nSPS) is 13.0. The zero-order chi connectivity index (χ0) is 17.1. The number of fused-ring (bicyclic) bond motifs is 2. The second-order valence-electron chi connectivity index (χ2n) is 4.56. The minimum atomic E-state index is -0.493. The number of ether oxygens (including phenoxy) is 4. The van der Waals surface area contributed by atoms with Crippen molar-refractivity contribution in [2.45, 2.75) is 0 Å². The van der Waals surface area contributed by atoms with Gasteiger partial charge in [0.2, 0.25) is 19.3 Å². The van der Waals surface area contributed by atoms with Crippen LogP contribution in [0.25, 0.3) is 0 Å². The van der Waals surface area contributed by atoms with Crippen molar-refractivity contribution in [3.63, 3.8) is 0 Å². The van der Waals surface area contributed by atoms with Crippen LogP contribution in [0.1, 0.15) is 0 Å². The lowest BCUT2D eigenvalue weighted by Crippen LogP contribution is -1.94. The van der Waals surface area contributed by atoms with E-state index in [0.717, 1.165) is 0 Å². The van der Waals surface area contributed by atoms with Gasteiger partial charge in [-0.3, -0.25) is 20.2 Å². The first-order valence-electron chi connectivity index (χ1n) is 6.63. The minimum Gasteiger partial charge on any atom is -0.454 e. The highest BCUT2D eigenvalue weighted by Gasteiger charge is 2.24. The van der Waals surface area contributed by atoms with Gasteiger partial charge in [0.15, 0.2) is 17.2 Å². The molecule has 0 aliphatic carbocycles. The van der Waals surface area contributed by atoms with E-state index in [9.17, 15) is 20.2 Å². The number of nitro benzene ring substituents is 2. The Morgan fingerprint density at radius 1 is 0.792 bits per heavy atom. The second kappa shape index (κ2) is 6.28. The van der Waals surface area contributed by atoms with Gasteiger partial charge in [-0.2, -0.15) is 0 Å². The Labute approximate surface area is 134 Å². The van der Waals surface area contributed by atoms with Crippen molar-refractivity contribution >= 4 is 11.4 Å². The molecule has 24 heavy (non-hydrogen) atoms. The van der Waals surface area contributed by atoms with E-state index < -0.39 is 9.85 Å². The molecule has 2 aliphatic heterocycles. The topological polar surface area (TPSA) is 123 Å². The maximum Gasteiger partial charge on any atom is 0.314 e. The number of nitrogens with zero attached hydrogens (tertiary/aromatic N) is 2. The molecule has 0 fully saturated rings. The minimum absolute atomic E-state index is 0.0132. The van der Waals surface area contributed by atoms with Gasteiger partial charge in [-0.05, 0) is 12.1 Å². The third-order valence-electron chi connectivity index (χ3n) is 3.14. The molecule has 0 saturated carbocycles. The molecule has 2 aromatic carbocycles. The SMILES string of the molecule is O=[N+]([O-])c1ccc2c(c1)OCO2.O=[N+]([O-])c1cccc2c1OCO2. The quantitative estimate of drug-likeness (QED) is 0.606. The van der Waals surface area contributed by atoms with Crippen molar-refractivity contribution in [2.75, 3.05) is 13.6 Å². The monoisotopic (exact) mass is 334 g/mol. The maximum atomic E-state index is 10.4. The number of hydrogen-bond acceptors (Lipinski definition) is 8. The summed E-state index contributed by atoms with van der Waals surface area (Å²) in [5, 5.41) is 20.7. The lowest BCUT2D eigenvalue weighted by molar-refractivity contribution is -0.385. The Hall–Kier alpha value is -3.56. The fourth-order valence-corrected chi connectivity index (χ4v) is 2.06. The van der Waals surface area contributed by atoms with Gasteiger partial charge in [-0.1, -0.05) is 6.07 Å². The third kappa shape index (κ3) is 2.97. The standard InChI is InChI=1S/2C7H5NO4/c9-8(10)5-1-2-6-7(3-5)12-4-11-6;9-8(10)5-2-1-3-6-7(5)12-4-11-6/h2*1-3H,4H2. The molecule has 2 aromatic rings. The van der Waals surface area contributed by atoms with Crippen LogP contribution >= 0.6 is 0 Å². The summed E-state index contributed by atoms with van der Waals surface area (Å²) in [4.78, 5) is 19.8. The molecule has 0 radical (unpaired) electrons. The fourth-order valence-electron chi connectivity index (χ4n) is 2.06. The molecule has 0 saturated heterocycles. The van der Waals surface area contributed by atoms with Gasteiger partial charge in [0.25, 0.3) is 5.69 Å². The van der Waals surface area contributed by atoms with Crippen LogP contribution in [0.3, 0.4) is 0 Å². The van der Waals surface area contributed by atoms with Gasteiger partial charge in [0, 0.05) is 12.1 Å². The lowest BCUT2D eigenvalue weighted by atomic mass is 10.3. The molecule has 0 unspecified atom stereocenters. The first kappa shape index (κ1) is 15.3. The summed E-state index contributed by atoms with van der Waals surface area (Å²) in [6, 6.07) is 8.84. The van der Waals surface area contributed by atoms with Crippen LogP contribution in [-0.2, 0) is 0 Å². The number of rotatable bonds is 2. The number of para-hydroxylation sites is 1. The highest BCUT2D eigenvalue weighted by Crippen LogP contribution is 2.39. The molecule has 0 atom stereocenters. The summed E-state index contributed by atoms with van der Waals surface area (Å²) in [6.07, 6.45) is 0. The summed E-state index contributed by atoms with van der Waals surface area (Å²) in [5.41, 5.74) is -0.0377. The highest BCUT2D eigenvalue weighted by atomic mass is 16.7. The van der Waals surface area contributed by atoms with Gasteiger partial charge in [0.05, 0.1) is 15.9 Å². The van der Waals surface area contributed by atoms with E-state index in [4.69, 9.17) is 18.9 Å². The Kier molecular flexibility index (Phi) is 4.01. The van der Waals surface area contributed by atoms with E-state index >= 15 is 0 Å². The van der Waals surface area contributed by atoms with Crippen LogP contribution in [0.2, 0.25) is 0 Å². The van der Waals surface area contributed by atoms with Crippen molar-refractivity contribution in [1.82, 2.24) is 0 Å². The molecule has 0 bridgehead atoms. The average molecular weight is 334 g/mol. The second-order valence-corrected chi connectivity index (χ2v) is 4.56. The van der Waals surface area contributed by atoms with Crippen LogP contribution < -0.4 is 18.9 Å². The molecule has 10 heteroatoms. The maximum absolute atomic E-state index is 10.4. The van der Waals surface area contributed by atoms with Gasteiger partial charge >= 0.3 is 5.69 Å². The van der Waals surface area contributed by atoms with Crippen LogP contribution in [0.4, 0.5) is 11.4 Å². The number of nitro groups is 2. The smallest absolute Gasteiger partial charge is 0.314 e. The summed E-state index contributed by atoms with van der Waals surface area (Å²) >= 11 is 0. The van der Waals surface area contributed by atoms with E-state index in [1.807, 2.05) is 0 Å². The first-order chi connectivity index (χ1) is 11.6. The van der Waals surface area contributed by atoms with Crippen molar-refractivity contribution in [1.29, 1.82) is 0 Å².